The zero-order valence-corrected chi connectivity index (χ0v) is 17.5. The van der Waals surface area contributed by atoms with E-state index in [0.29, 0.717) is 35.2 Å². The molecule has 0 spiro atoms. The maximum atomic E-state index is 12.7. The third kappa shape index (κ3) is 4.78. The van der Waals surface area contributed by atoms with Gasteiger partial charge in [0.15, 0.2) is 5.82 Å². The van der Waals surface area contributed by atoms with Crippen LogP contribution in [0.15, 0.2) is 22.7 Å². The van der Waals surface area contributed by atoms with Crippen molar-refractivity contribution in [3.63, 3.8) is 0 Å². The molecule has 1 saturated carbocycles. The van der Waals surface area contributed by atoms with E-state index in [4.69, 9.17) is 9.26 Å². The number of carbonyl (C=O) groups is 1. The van der Waals surface area contributed by atoms with Gasteiger partial charge in [-0.3, -0.25) is 4.79 Å². The minimum atomic E-state index is -0.137. The number of benzene rings is 1. The highest BCUT2D eigenvalue weighted by molar-refractivity contribution is 5.94. The topological polar surface area (TPSA) is 80.5 Å². The highest BCUT2D eigenvalue weighted by Crippen LogP contribution is 2.38. The number of hydrogen-bond acceptors (Lipinski definition) is 6. The number of likely N-dealkylation sites (tertiary alicyclic amines) is 1. The first-order chi connectivity index (χ1) is 14.0. The molecule has 1 amide bonds. The molecule has 2 heterocycles. The predicted molar refractivity (Wildman–Crippen MR) is 109 cm³/mol. The summed E-state index contributed by atoms with van der Waals surface area (Å²) >= 11 is 0. The van der Waals surface area contributed by atoms with Gasteiger partial charge in [0.1, 0.15) is 5.75 Å². The minimum absolute atomic E-state index is 0.137. The molecule has 0 bridgehead atoms. The van der Waals surface area contributed by atoms with Crippen LogP contribution >= 0.6 is 0 Å². The summed E-state index contributed by atoms with van der Waals surface area (Å²) in [6.07, 6.45) is 4.32. The summed E-state index contributed by atoms with van der Waals surface area (Å²) < 4.78 is 10.8. The van der Waals surface area contributed by atoms with Crippen LogP contribution in [0.5, 0.6) is 5.75 Å². The third-order valence-corrected chi connectivity index (χ3v) is 5.92. The van der Waals surface area contributed by atoms with Crippen molar-refractivity contribution in [1.29, 1.82) is 0 Å². The number of amides is 1. The van der Waals surface area contributed by atoms with Crippen molar-refractivity contribution in [2.45, 2.75) is 58.0 Å². The molecule has 7 heteroatoms. The summed E-state index contributed by atoms with van der Waals surface area (Å²) in [5.74, 6) is 2.92. The van der Waals surface area contributed by atoms with Gasteiger partial charge < -0.3 is 19.5 Å². The average Bonchev–Trinajstić information content (AvgIpc) is 3.27. The summed E-state index contributed by atoms with van der Waals surface area (Å²) in [7, 11) is 1.68. The van der Waals surface area contributed by atoms with Crippen molar-refractivity contribution >= 4 is 5.91 Å². The number of nitrogens with zero attached hydrogens (tertiary/aromatic N) is 3. The van der Waals surface area contributed by atoms with Gasteiger partial charge in [-0.1, -0.05) is 5.16 Å². The zero-order chi connectivity index (χ0) is 20.4. The molecule has 2 aromatic rings. The van der Waals surface area contributed by atoms with Gasteiger partial charge in [0, 0.05) is 24.1 Å². The number of hydrogen-bond donors (Lipinski definition) is 1. The first kappa shape index (κ1) is 19.9. The Hall–Kier alpha value is -2.41. The number of aromatic nitrogens is 2. The molecule has 1 saturated heterocycles. The van der Waals surface area contributed by atoms with Crippen LogP contribution < -0.4 is 10.1 Å². The summed E-state index contributed by atoms with van der Waals surface area (Å²) in [6.45, 7) is 6.98. The van der Waals surface area contributed by atoms with Crippen LogP contribution in [0.4, 0.5) is 0 Å². The fourth-order valence-corrected chi connectivity index (χ4v) is 3.99. The Kier molecular flexibility index (Phi) is 5.85. The van der Waals surface area contributed by atoms with Crippen LogP contribution in [-0.4, -0.2) is 47.2 Å². The van der Waals surface area contributed by atoms with E-state index in [1.807, 2.05) is 12.1 Å². The molecule has 1 N–H and O–H groups in total. The maximum Gasteiger partial charge on any atom is 0.251 e. The fourth-order valence-electron chi connectivity index (χ4n) is 3.99. The minimum Gasteiger partial charge on any atom is -0.496 e. The van der Waals surface area contributed by atoms with Gasteiger partial charge in [0.2, 0.25) is 5.89 Å². The molecule has 1 aliphatic heterocycles. The molecule has 4 rings (SSSR count). The zero-order valence-electron chi connectivity index (χ0n) is 17.5. The smallest absolute Gasteiger partial charge is 0.251 e. The van der Waals surface area contributed by atoms with Gasteiger partial charge in [0.05, 0.1) is 13.7 Å². The van der Waals surface area contributed by atoms with Crippen LogP contribution in [0.1, 0.15) is 66.7 Å². The predicted octanol–water partition coefficient (Wildman–Crippen LogP) is 3.16. The third-order valence-electron chi connectivity index (χ3n) is 5.92. The second-order valence-corrected chi connectivity index (χ2v) is 8.48. The van der Waals surface area contributed by atoms with Crippen molar-refractivity contribution < 1.29 is 14.1 Å². The van der Waals surface area contributed by atoms with Gasteiger partial charge in [0.25, 0.3) is 5.91 Å². The monoisotopic (exact) mass is 398 g/mol. The van der Waals surface area contributed by atoms with E-state index >= 15 is 0 Å². The highest BCUT2D eigenvalue weighted by atomic mass is 16.5. The van der Waals surface area contributed by atoms with Crippen LogP contribution in [0.3, 0.4) is 0 Å². The van der Waals surface area contributed by atoms with E-state index in [1.165, 1.54) is 6.42 Å². The number of rotatable bonds is 8. The Morgan fingerprint density at radius 3 is 2.86 bits per heavy atom. The summed E-state index contributed by atoms with van der Waals surface area (Å²) in [4.78, 5) is 19.5. The van der Waals surface area contributed by atoms with Crippen molar-refractivity contribution in [3.05, 3.63) is 41.0 Å². The SMILES string of the molecule is COc1ccc(C(=O)NCc2noc(C3CC3)n2)cc1CC1CCN(C(C)C)C1. The standard InChI is InChI=1S/C22H30N4O3/c1-14(2)26-9-8-15(13-26)10-18-11-17(6-7-19(18)28-3)21(27)23-12-20-24-22(29-25-20)16-4-5-16/h6-7,11,14-16H,4-5,8-10,12-13H2,1-3H3,(H,23,27). The second-order valence-electron chi connectivity index (χ2n) is 8.48. The Bertz CT molecular complexity index is 859. The molecule has 1 aliphatic carbocycles. The lowest BCUT2D eigenvalue weighted by molar-refractivity contribution is 0.0949. The van der Waals surface area contributed by atoms with E-state index < -0.39 is 0 Å². The van der Waals surface area contributed by atoms with Crippen molar-refractivity contribution in [2.24, 2.45) is 5.92 Å². The lowest BCUT2D eigenvalue weighted by atomic mass is 9.96. The molecular weight excluding hydrogens is 368 g/mol. The molecule has 1 unspecified atom stereocenters. The van der Waals surface area contributed by atoms with Crippen molar-refractivity contribution in [2.75, 3.05) is 20.2 Å². The Balaban J connectivity index is 1.39. The highest BCUT2D eigenvalue weighted by Gasteiger charge is 2.29. The molecule has 0 radical (unpaired) electrons. The average molecular weight is 399 g/mol. The van der Waals surface area contributed by atoms with Gasteiger partial charge >= 0.3 is 0 Å². The van der Waals surface area contributed by atoms with Crippen LogP contribution in [0, 0.1) is 5.92 Å². The second kappa shape index (κ2) is 8.53. The molecule has 29 heavy (non-hydrogen) atoms. The van der Waals surface area contributed by atoms with E-state index in [9.17, 15) is 4.79 Å². The Labute approximate surface area is 171 Å². The van der Waals surface area contributed by atoms with Gasteiger partial charge in [-0.05, 0) is 75.8 Å². The van der Waals surface area contributed by atoms with Gasteiger partial charge in [-0.2, -0.15) is 4.98 Å². The first-order valence-corrected chi connectivity index (χ1v) is 10.5. The van der Waals surface area contributed by atoms with Crippen molar-refractivity contribution in [1.82, 2.24) is 20.4 Å². The van der Waals surface area contributed by atoms with Gasteiger partial charge in [-0.15, -0.1) is 0 Å². The van der Waals surface area contributed by atoms with Crippen LogP contribution in [0.25, 0.3) is 0 Å². The maximum absolute atomic E-state index is 12.7. The molecule has 7 nitrogen and oxygen atoms in total. The number of ether oxygens (including phenoxy) is 1. The summed E-state index contributed by atoms with van der Waals surface area (Å²) in [5, 5.41) is 6.85. The Morgan fingerprint density at radius 2 is 2.17 bits per heavy atom. The number of nitrogens with one attached hydrogen (secondary N) is 1. The molecular formula is C22H30N4O3. The molecule has 2 aliphatic rings. The number of carbonyl (C=O) groups excluding carboxylic acids is 1. The Morgan fingerprint density at radius 1 is 1.34 bits per heavy atom. The van der Waals surface area contributed by atoms with Crippen LogP contribution in [-0.2, 0) is 13.0 Å². The molecule has 2 fully saturated rings. The number of methoxy groups -OCH3 is 1. The summed E-state index contributed by atoms with van der Waals surface area (Å²) in [6, 6.07) is 6.22. The largest absolute Gasteiger partial charge is 0.496 e. The molecule has 1 aromatic heterocycles. The van der Waals surface area contributed by atoms with E-state index in [-0.39, 0.29) is 12.5 Å². The fraction of sp³-hybridized carbons (Fsp3) is 0.591. The lowest BCUT2D eigenvalue weighted by Crippen LogP contribution is -2.28. The van der Waals surface area contributed by atoms with E-state index in [1.54, 1.807) is 13.2 Å². The van der Waals surface area contributed by atoms with Gasteiger partial charge in [-0.25, -0.2) is 0 Å². The quantitative estimate of drug-likeness (QED) is 0.736. The molecule has 1 aromatic carbocycles. The normalized spacial score (nSPS) is 19.7. The van der Waals surface area contributed by atoms with E-state index in [0.717, 1.165) is 43.7 Å². The lowest BCUT2D eigenvalue weighted by Gasteiger charge is -2.20. The molecule has 1 atom stereocenters. The van der Waals surface area contributed by atoms with Crippen molar-refractivity contribution in [3.8, 4) is 5.75 Å². The van der Waals surface area contributed by atoms with Crippen LogP contribution in [0.2, 0.25) is 0 Å². The first-order valence-electron chi connectivity index (χ1n) is 10.5. The van der Waals surface area contributed by atoms with E-state index in [2.05, 4.69) is 34.2 Å². The summed E-state index contributed by atoms with van der Waals surface area (Å²) in [5.41, 5.74) is 1.72. The molecule has 156 valence electrons.